The number of nitrogens with one attached hydrogen (secondary N) is 1. The minimum atomic E-state index is -0.237. The van der Waals surface area contributed by atoms with Gasteiger partial charge in [-0.1, -0.05) is 0 Å². The topological polar surface area (TPSA) is 60.5 Å². The predicted molar refractivity (Wildman–Crippen MR) is 118 cm³/mol. The lowest BCUT2D eigenvalue weighted by Crippen LogP contribution is -2.11. The summed E-state index contributed by atoms with van der Waals surface area (Å²) in [6.45, 7) is 6.78. The number of pyridine rings is 1. The van der Waals surface area contributed by atoms with E-state index in [1.54, 1.807) is 11.3 Å². The maximum atomic E-state index is 12.8. The van der Waals surface area contributed by atoms with Crippen LogP contribution in [0.3, 0.4) is 0 Å². The zero-order valence-corrected chi connectivity index (χ0v) is 17.9. The van der Waals surface area contributed by atoms with Crippen molar-refractivity contribution in [1.29, 1.82) is 0 Å². The van der Waals surface area contributed by atoms with Crippen LogP contribution >= 0.6 is 11.3 Å². The molecule has 6 heteroatoms. The van der Waals surface area contributed by atoms with Crippen molar-refractivity contribution in [2.24, 2.45) is 0 Å². The Bertz CT molecular complexity index is 1060. The average molecular weight is 411 g/mol. The monoisotopic (exact) mass is 410 g/mol. The molecule has 1 aliphatic rings. The van der Waals surface area contributed by atoms with E-state index in [0.717, 1.165) is 57.9 Å². The molecule has 0 saturated heterocycles. The Hall–Kier alpha value is -2.60. The molecule has 0 atom stereocenters. The Morgan fingerprint density at radius 3 is 2.79 bits per heavy atom. The number of nitrogens with zero attached hydrogens (tertiary/aromatic N) is 1. The van der Waals surface area contributed by atoms with Gasteiger partial charge >= 0.3 is 5.97 Å². The van der Waals surface area contributed by atoms with Crippen LogP contribution < -0.4 is 10.1 Å². The fourth-order valence-corrected chi connectivity index (χ4v) is 5.18. The van der Waals surface area contributed by atoms with Gasteiger partial charge in [-0.3, -0.25) is 4.98 Å². The van der Waals surface area contributed by atoms with Crippen molar-refractivity contribution in [2.45, 2.75) is 46.5 Å². The molecule has 0 fully saturated rings. The highest BCUT2D eigenvalue weighted by Crippen LogP contribution is 2.41. The average Bonchev–Trinajstić information content (AvgIpc) is 3.06. The Labute approximate surface area is 175 Å². The SMILES string of the molecule is CCOC(=O)c1c(Nc2cc(C)nc3ccc(OCC)cc23)sc2c1CCCC2. The van der Waals surface area contributed by atoms with Crippen molar-refractivity contribution in [3.05, 3.63) is 46.0 Å². The first kappa shape index (κ1) is 19.7. The molecule has 4 rings (SSSR count). The van der Waals surface area contributed by atoms with Crippen molar-refractivity contribution in [3.8, 4) is 5.75 Å². The maximum Gasteiger partial charge on any atom is 0.341 e. The molecule has 3 aromatic rings. The molecule has 1 aliphatic carbocycles. The first-order valence-corrected chi connectivity index (χ1v) is 11.0. The Kier molecular flexibility index (Phi) is 5.72. The first-order chi connectivity index (χ1) is 14.1. The van der Waals surface area contributed by atoms with Gasteiger partial charge < -0.3 is 14.8 Å². The molecule has 1 N–H and O–H groups in total. The van der Waals surface area contributed by atoms with Crippen LogP contribution in [0, 0.1) is 6.92 Å². The minimum absolute atomic E-state index is 0.237. The summed E-state index contributed by atoms with van der Waals surface area (Å²) in [5.41, 5.74) is 4.61. The van der Waals surface area contributed by atoms with Gasteiger partial charge in [0.15, 0.2) is 0 Å². The summed E-state index contributed by atoms with van der Waals surface area (Å²) in [7, 11) is 0. The summed E-state index contributed by atoms with van der Waals surface area (Å²) in [6, 6.07) is 7.94. The molecule has 0 radical (unpaired) electrons. The second kappa shape index (κ2) is 8.41. The third kappa shape index (κ3) is 3.94. The Morgan fingerprint density at radius 2 is 2.00 bits per heavy atom. The van der Waals surface area contributed by atoms with Crippen molar-refractivity contribution < 1.29 is 14.3 Å². The number of carbonyl (C=O) groups excluding carboxylic acids is 1. The maximum absolute atomic E-state index is 12.8. The summed E-state index contributed by atoms with van der Waals surface area (Å²) in [5.74, 6) is 0.573. The molecule has 2 heterocycles. The van der Waals surface area contributed by atoms with E-state index in [2.05, 4.69) is 10.3 Å². The molecule has 1 aromatic carbocycles. The number of aryl methyl sites for hydroxylation is 2. The van der Waals surface area contributed by atoms with Gasteiger partial charge in [-0.05, 0) is 76.3 Å². The Morgan fingerprint density at radius 1 is 1.17 bits per heavy atom. The second-order valence-electron chi connectivity index (χ2n) is 7.18. The van der Waals surface area contributed by atoms with Gasteiger partial charge in [0.1, 0.15) is 10.8 Å². The zero-order chi connectivity index (χ0) is 20.4. The Balaban J connectivity index is 1.81. The van der Waals surface area contributed by atoms with E-state index in [4.69, 9.17) is 9.47 Å². The fourth-order valence-electron chi connectivity index (χ4n) is 3.89. The summed E-state index contributed by atoms with van der Waals surface area (Å²) in [4.78, 5) is 18.7. The van der Waals surface area contributed by atoms with Crippen molar-refractivity contribution >= 4 is 38.9 Å². The van der Waals surface area contributed by atoms with E-state index < -0.39 is 0 Å². The standard InChI is InChI=1S/C23H26N2O3S/c1-4-27-15-10-11-18-17(13-15)19(12-14(3)24-18)25-22-21(23(26)28-5-2)16-8-6-7-9-20(16)29-22/h10-13H,4-9H2,1-3H3,(H,24,25). The van der Waals surface area contributed by atoms with Gasteiger partial charge in [0.25, 0.3) is 0 Å². The van der Waals surface area contributed by atoms with Crippen molar-refractivity contribution in [2.75, 3.05) is 18.5 Å². The van der Waals surface area contributed by atoms with Gasteiger partial charge in [-0.15, -0.1) is 11.3 Å². The molecular formula is C23H26N2O3S. The number of thiophene rings is 1. The second-order valence-corrected chi connectivity index (χ2v) is 8.29. The molecule has 0 aliphatic heterocycles. The van der Waals surface area contributed by atoms with Gasteiger partial charge in [0, 0.05) is 16.0 Å². The van der Waals surface area contributed by atoms with E-state index in [9.17, 15) is 4.79 Å². The number of benzene rings is 1. The summed E-state index contributed by atoms with van der Waals surface area (Å²) in [5, 5.41) is 5.38. The lowest BCUT2D eigenvalue weighted by atomic mass is 9.95. The quantitative estimate of drug-likeness (QED) is 0.520. The zero-order valence-electron chi connectivity index (χ0n) is 17.1. The number of anilines is 2. The number of rotatable bonds is 6. The summed E-state index contributed by atoms with van der Waals surface area (Å²) >= 11 is 1.68. The number of hydrogen-bond donors (Lipinski definition) is 1. The molecule has 2 aromatic heterocycles. The number of carbonyl (C=O) groups is 1. The number of hydrogen-bond acceptors (Lipinski definition) is 6. The smallest absolute Gasteiger partial charge is 0.341 e. The molecule has 5 nitrogen and oxygen atoms in total. The highest BCUT2D eigenvalue weighted by atomic mass is 32.1. The first-order valence-electron chi connectivity index (χ1n) is 10.2. The molecule has 0 bridgehead atoms. The lowest BCUT2D eigenvalue weighted by molar-refractivity contribution is 0.0526. The van der Waals surface area contributed by atoms with Crippen LogP contribution in [-0.2, 0) is 17.6 Å². The molecular weight excluding hydrogens is 384 g/mol. The predicted octanol–water partition coefficient (Wildman–Crippen LogP) is 5.80. The fraction of sp³-hybridized carbons (Fsp3) is 0.391. The molecule has 152 valence electrons. The van der Waals surface area contributed by atoms with Crippen molar-refractivity contribution in [3.63, 3.8) is 0 Å². The highest BCUT2D eigenvalue weighted by molar-refractivity contribution is 7.16. The number of esters is 1. The van der Waals surface area contributed by atoms with Crippen LogP contribution in [0.1, 0.15) is 53.2 Å². The molecule has 0 saturated carbocycles. The summed E-state index contributed by atoms with van der Waals surface area (Å²) in [6.07, 6.45) is 4.25. The van der Waals surface area contributed by atoms with E-state index in [1.165, 1.54) is 11.3 Å². The van der Waals surface area contributed by atoms with Crippen LogP contribution in [0.15, 0.2) is 24.3 Å². The molecule has 0 amide bonds. The van der Waals surface area contributed by atoms with Gasteiger partial charge in [0.05, 0.1) is 30.0 Å². The van der Waals surface area contributed by atoms with Crippen LogP contribution in [-0.4, -0.2) is 24.2 Å². The lowest BCUT2D eigenvalue weighted by Gasteiger charge is -2.14. The van der Waals surface area contributed by atoms with Crippen LogP contribution in [0.2, 0.25) is 0 Å². The third-order valence-electron chi connectivity index (χ3n) is 5.12. The van der Waals surface area contributed by atoms with E-state index in [0.29, 0.717) is 18.8 Å². The van der Waals surface area contributed by atoms with E-state index >= 15 is 0 Å². The van der Waals surface area contributed by atoms with E-state index in [1.807, 2.05) is 45.0 Å². The molecule has 0 spiro atoms. The number of ether oxygens (including phenoxy) is 2. The number of fused-ring (bicyclic) bond motifs is 2. The van der Waals surface area contributed by atoms with Crippen molar-refractivity contribution in [1.82, 2.24) is 4.98 Å². The van der Waals surface area contributed by atoms with Crippen LogP contribution in [0.4, 0.5) is 10.7 Å². The molecule has 29 heavy (non-hydrogen) atoms. The largest absolute Gasteiger partial charge is 0.494 e. The molecule has 0 unspecified atom stereocenters. The van der Waals surface area contributed by atoms with Crippen LogP contribution in [0.25, 0.3) is 10.9 Å². The van der Waals surface area contributed by atoms with E-state index in [-0.39, 0.29) is 5.97 Å². The normalized spacial score (nSPS) is 13.2. The van der Waals surface area contributed by atoms with Gasteiger partial charge in [0.2, 0.25) is 0 Å². The minimum Gasteiger partial charge on any atom is -0.494 e. The van der Waals surface area contributed by atoms with Gasteiger partial charge in [-0.2, -0.15) is 0 Å². The third-order valence-corrected chi connectivity index (χ3v) is 6.33. The van der Waals surface area contributed by atoms with Gasteiger partial charge in [-0.25, -0.2) is 4.79 Å². The highest BCUT2D eigenvalue weighted by Gasteiger charge is 2.26. The summed E-state index contributed by atoms with van der Waals surface area (Å²) < 4.78 is 11.1. The van der Waals surface area contributed by atoms with Crippen LogP contribution in [0.5, 0.6) is 5.75 Å². The number of aromatic nitrogens is 1.